The molecular weight excluding hydrogens is 542 g/mol. The van der Waals surface area contributed by atoms with Gasteiger partial charge in [-0.25, -0.2) is 4.79 Å². The van der Waals surface area contributed by atoms with Crippen LogP contribution in [0, 0.1) is 5.41 Å². The predicted octanol–water partition coefficient (Wildman–Crippen LogP) is 5.39. The van der Waals surface area contributed by atoms with Crippen LogP contribution in [0.2, 0.25) is 0 Å². The van der Waals surface area contributed by atoms with Crippen molar-refractivity contribution in [2.24, 2.45) is 5.41 Å². The van der Waals surface area contributed by atoms with Crippen LogP contribution in [-0.2, 0) is 11.3 Å². The molecule has 41 heavy (non-hydrogen) atoms. The number of ketones is 1. The monoisotopic (exact) mass is 577 g/mol. The minimum Gasteiger partial charge on any atom is -0.494 e. The lowest BCUT2D eigenvalue weighted by Crippen LogP contribution is -2.43. The molecule has 2 aromatic heterocycles. The number of fused-ring (bicyclic) bond motifs is 3. The van der Waals surface area contributed by atoms with Crippen LogP contribution < -0.4 is 20.9 Å². The number of pyridine rings is 1. The van der Waals surface area contributed by atoms with Crippen LogP contribution in [0.4, 0.5) is 4.79 Å². The van der Waals surface area contributed by atoms with Gasteiger partial charge in [0.1, 0.15) is 15.9 Å². The molecular formula is C31H35N3O6S. The van der Waals surface area contributed by atoms with E-state index in [9.17, 15) is 19.2 Å². The van der Waals surface area contributed by atoms with Crippen LogP contribution in [-0.4, -0.2) is 48.2 Å². The first-order chi connectivity index (χ1) is 19.3. The van der Waals surface area contributed by atoms with Gasteiger partial charge in [-0.1, -0.05) is 62.4 Å². The number of carbonyl (C=O) groups excluding carboxylic acids is 3. The van der Waals surface area contributed by atoms with Crippen molar-refractivity contribution in [3.63, 3.8) is 0 Å². The van der Waals surface area contributed by atoms with E-state index in [1.807, 2.05) is 38.1 Å². The Morgan fingerprint density at radius 3 is 2.20 bits per heavy atom. The van der Waals surface area contributed by atoms with E-state index < -0.39 is 28.6 Å². The Labute approximate surface area is 242 Å². The van der Waals surface area contributed by atoms with E-state index in [0.717, 1.165) is 5.39 Å². The smallest absolute Gasteiger partial charge is 0.407 e. The molecule has 0 saturated heterocycles. The quantitative estimate of drug-likeness (QED) is 0.258. The van der Waals surface area contributed by atoms with Gasteiger partial charge in [-0.2, -0.15) is 0 Å². The number of carbonyl (C=O) groups is 3. The zero-order chi connectivity index (χ0) is 29.9. The fourth-order valence-corrected chi connectivity index (χ4v) is 5.61. The SMILES string of the molecule is COc1c(C(=O)NCC(C)(C)CNC(=O)OC(C)(C)C)sc2c1c(=O)n(CC(=O)c1ccccc1)c1ccccc21. The van der Waals surface area contributed by atoms with E-state index in [4.69, 9.17) is 9.47 Å². The predicted molar refractivity (Wildman–Crippen MR) is 161 cm³/mol. The van der Waals surface area contributed by atoms with E-state index in [0.29, 0.717) is 15.8 Å². The van der Waals surface area contributed by atoms with Gasteiger partial charge in [0.25, 0.3) is 11.5 Å². The lowest BCUT2D eigenvalue weighted by atomic mass is 9.93. The van der Waals surface area contributed by atoms with Crippen molar-refractivity contribution in [3.8, 4) is 5.75 Å². The molecule has 4 rings (SSSR count). The summed E-state index contributed by atoms with van der Waals surface area (Å²) in [5.41, 5.74) is -0.410. The number of ether oxygens (including phenoxy) is 2. The topological polar surface area (TPSA) is 116 Å². The molecule has 2 amide bonds. The minimum absolute atomic E-state index is 0.154. The van der Waals surface area contributed by atoms with E-state index in [1.165, 1.54) is 23.0 Å². The summed E-state index contributed by atoms with van der Waals surface area (Å²) in [5, 5.41) is 6.66. The standard InChI is InChI=1S/C31H35N3O6S/c1-30(2,3)40-29(38)33-18-31(4,5)17-32-27(36)26-24(39-6)23-25(41-26)20-14-10-11-15-21(20)34(28(23)37)16-22(35)19-12-8-7-9-13-19/h7-15H,16-18H2,1-6H3,(H,32,36)(H,33,38). The van der Waals surface area contributed by atoms with Gasteiger partial charge in [0.05, 0.1) is 23.9 Å². The molecule has 0 aliphatic heterocycles. The summed E-state index contributed by atoms with van der Waals surface area (Å²) < 4.78 is 13.0. The largest absolute Gasteiger partial charge is 0.494 e. The number of Topliss-reactive ketones (excluding diaryl/α,β-unsaturated/α-hetero) is 1. The molecule has 0 bridgehead atoms. The van der Waals surface area contributed by atoms with Crippen molar-refractivity contribution in [1.29, 1.82) is 0 Å². The van der Waals surface area contributed by atoms with Crippen molar-refractivity contribution < 1.29 is 23.9 Å². The third-order valence-corrected chi connectivity index (χ3v) is 7.61. The van der Waals surface area contributed by atoms with Gasteiger partial charge in [0.15, 0.2) is 11.5 Å². The molecule has 0 aliphatic carbocycles. The number of alkyl carbamates (subject to hydrolysis) is 1. The molecule has 0 atom stereocenters. The highest BCUT2D eigenvalue weighted by Gasteiger charge is 2.28. The molecule has 0 fully saturated rings. The first kappa shape index (κ1) is 29.8. The molecule has 0 unspecified atom stereocenters. The van der Waals surface area contributed by atoms with Crippen LogP contribution in [0.5, 0.6) is 5.75 Å². The first-order valence-electron chi connectivity index (χ1n) is 13.3. The van der Waals surface area contributed by atoms with Gasteiger partial charge in [-0.05, 0) is 32.3 Å². The number of hydrogen-bond donors (Lipinski definition) is 2. The Kier molecular flexibility index (Phi) is 8.53. The maximum atomic E-state index is 13.8. The molecule has 2 N–H and O–H groups in total. The second-order valence-electron chi connectivity index (χ2n) is 11.6. The molecule has 0 radical (unpaired) electrons. The second-order valence-corrected chi connectivity index (χ2v) is 12.6. The van der Waals surface area contributed by atoms with Gasteiger partial charge in [-0.15, -0.1) is 11.3 Å². The highest BCUT2D eigenvalue weighted by Crippen LogP contribution is 2.39. The molecule has 2 aromatic carbocycles. The minimum atomic E-state index is -0.613. The maximum Gasteiger partial charge on any atom is 0.407 e. The number of methoxy groups -OCH3 is 1. The van der Waals surface area contributed by atoms with Gasteiger partial charge in [0.2, 0.25) is 0 Å². The molecule has 4 aromatic rings. The average molecular weight is 578 g/mol. The summed E-state index contributed by atoms with van der Waals surface area (Å²) in [7, 11) is 1.42. The van der Waals surface area contributed by atoms with Gasteiger partial charge >= 0.3 is 6.09 Å². The summed E-state index contributed by atoms with van der Waals surface area (Å²) in [6, 6.07) is 16.1. The Hall–Kier alpha value is -4.18. The summed E-state index contributed by atoms with van der Waals surface area (Å²) >= 11 is 1.17. The van der Waals surface area contributed by atoms with Gasteiger partial charge in [-0.3, -0.25) is 19.0 Å². The Morgan fingerprint density at radius 2 is 1.54 bits per heavy atom. The number of benzene rings is 2. The number of nitrogens with one attached hydrogen (secondary N) is 2. The van der Waals surface area contributed by atoms with E-state index in [1.54, 1.807) is 51.1 Å². The van der Waals surface area contributed by atoms with Crippen LogP contribution in [0.3, 0.4) is 0 Å². The summed E-state index contributed by atoms with van der Waals surface area (Å²) in [6.07, 6.45) is -0.531. The van der Waals surface area contributed by atoms with Crippen LogP contribution in [0.15, 0.2) is 59.4 Å². The molecule has 9 nitrogen and oxygen atoms in total. The highest BCUT2D eigenvalue weighted by atomic mass is 32.1. The number of thiophene rings is 1. The number of amides is 2. The number of hydrogen-bond acceptors (Lipinski definition) is 7. The fraction of sp³-hybridized carbons (Fsp3) is 0.355. The zero-order valence-electron chi connectivity index (χ0n) is 24.1. The summed E-state index contributed by atoms with van der Waals surface area (Å²) in [5.74, 6) is -0.431. The molecule has 2 heterocycles. The molecule has 0 saturated carbocycles. The van der Waals surface area contributed by atoms with Crippen LogP contribution >= 0.6 is 11.3 Å². The van der Waals surface area contributed by atoms with Crippen molar-refractivity contribution in [1.82, 2.24) is 15.2 Å². The van der Waals surface area contributed by atoms with E-state index in [2.05, 4.69) is 10.6 Å². The third kappa shape index (κ3) is 6.77. The second kappa shape index (κ2) is 11.7. The number of para-hydroxylation sites is 1. The lowest BCUT2D eigenvalue weighted by Gasteiger charge is -2.26. The highest BCUT2D eigenvalue weighted by molar-refractivity contribution is 7.22. The molecule has 216 valence electrons. The number of aromatic nitrogens is 1. The number of nitrogens with zero attached hydrogens (tertiary/aromatic N) is 1. The van der Waals surface area contributed by atoms with Gasteiger partial charge < -0.3 is 20.1 Å². The van der Waals surface area contributed by atoms with Gasteiger partial charge in [0, 0.05) is 24.0 Å². The Balaban J connectivity index is 1.64. The fourth-order valence-electron chi connectivity index (χ4n) is 4.39. The molecule has 0 spiro atoms. The van der Waals surface area contributed by atoms with E-state index in [-0.39, 0.29) is 41.4 Å². The molecule has 0 aliphatic rings. The average Bonchev–Trinajstić information content (AvgIpc) is 3.33. The Bertz CT molecular complexity index is 1660. The van der Waals surface area contributed by atoms with Crippen molar-refractivity contribution in [2.45, 2.75) is 46.8 Å². The molecule has 10 heteroatoms. The van der Waals surface area contributed by atoms with E-state index >= 15 is 0 Å². The third-order valence-electron chi connectivity index (χ3n) is 6.41. The van der Waals surface area contributed by atoms with Crippen molar-refractivity contribution in [3.05, 3.63) is 75.4 Å². The Morgan fingerprint density at radius 1 is 0.902 bits per heavy atom. The summed E-state index contributed by atoms with van der Waals surface area (Å²) in [4.78, 5) is 52.7. The normalized spacial score (nSPS) is 11.9. The maximum absolute atomic E-state index is 13.8. The van der Waals surface area contributed by atoms with Crippen molar-refractivity contribution in [2.75, 3.05) is 20.2 Å². The number of rotatable bonds is 9. The van der Waals surface area contributed by atoms with Crippen LogP contribution in [0.25, 0.3) is 21.0 Å². The van der Waals surface area contributed by atoms with Crippen LogP contribution in [0.1, 0.15) is 54.6 Å². The summed E-state index contributed by atoms with van der Waals surface area (Å²) in [6.45, 7) is 9.54. The first-order valence-corrected chi connectivity index (χ1v) is 14.1. The van der Waals surface area contributed by atoms with Crippen molar-refractivity contribution >= 4 is 50.1 Å². The lowest BCUT2D eigenvalue weighted by molar-refractivity contribution is 0.0506. The zero-order valence-corrected chi connectivity index (χ0v) is 24.9.